The normalized spacial score (nSPS) is 17.6. The number of thiophene rings is 1. The van der Waals surface area contributed by atoms with E-state index < -0.39 is 0 Å². The Morgan fingerprint density at radius 2 is 1.85 bits per heavy atom. The van der Waals surface area contributed by atoms with Gasteiger partial charge < -0.3 is 9.47 Å². The Labute approximate surface area is 156 Å². The first-order valence-electron chi connectivity index (χ1n) is 9.11. The van der Waals surface area contributed by atoms with E-state index in [4.69, 9.17) is 0 Å². The molecule has 1 saturated heterocycles. The average Bonchev–Trinajstić information content (AvgIpc) is 3.27. The molecular formula is C18H21N7S. The number of aromatic nitrogens is 5. The zero-order chi connectivity index (χ0) is 17.3. The predicted molar refractivity (Wildman–Crippen MR) is 101 cm³/mol. The van der Waals surface area contributed by atoms with Crippen molar-refractivity contribution in [1.29, 1.82) is 0 Å². The van der Waals surface area contributed by atoms with Crippen LogP contribution < -0.4 is 4.90 Å². The molecule has 3 aromatic rings. The number of hydrogen-bond donors (Lipinski definition) is 0. The summed E-state index contributed by atoms with van der Waals surface area (Å²) in [6.07, 6.45) is 5.91. The fraction of sp³-hybridized carbons (Fsp3) is 0.444. The van der Waals surface area contributed by atoms with E-state index in [0.29, 0.717) is 0 Å². The summed E-state index contributed by atoms with van der Waals surface area (Å²) >= 11 is 1.84. The molecule has 8 heteroatoms. The number of anilines is 1. The summed E-state index contributed by atoms with van der Waals surface area (Å²) < 4.78 is 2.32. The van der Waals surface area contributed by atoms with Gasteiger partial charge in [0, 0.05) is 55.6 Å². The lowest BCUT2D eigenvalue weighted by Gasteiger charge is -2.34. The molecule has 26 heavy (non-hydrogen) atoms. The molecule has 0 unspecified atom stereocenters. The van der Waals surface area contributed by atoms with Gasteiger partial charge >= 0.3 is 0 Å². The highest BCUT2D eigenvalue weighted by molar-refractivity contribution is 7.10. The minimum atomic E-state index is 0.827. The van der Waals surface area contributed by atoms with Crippen LogP contribution in [0.5, 0.6) is 0 Å². The molecule has 0 atom stereocenters. The first kappa shape index (κ1) is 15.9. The van der Waals surface area contributed by atoms with E-state index in [0.717, 1.165) is 69.7 Å². The molecule has 0 aliphatic carbocycles. The fourth-order valence-corrected chi connectivity index (χ4v) is 4.70. The van der Waals surface area contributed by atoms with Crippen molar-refractivity contribution in [3.05, 3.63) is 40.6 Å². The van der Waals surface area contributed by atoms with Crippen molar-refractivity contribution in [3.8, 4) is 11.4 Å². The van der Waals surface area contributed by atoms with Gasteiger partial charge in [-0.05, 0) is 30.4 Å². The average molecular weight is 367 g/mol. The quantitative estimate of drug-likeness (QED) is 0.706. The van der Waals surface area contributed by atoms with Crippen molar-refractivity contribution < 1.29 is 0 Å². The number of nitrogens with zero attached hydrogens (tertiary/aromatic N) is 7. The second-order valence-corrected chi connectivity index (χ2v) is 7.77. The Bertz CT molecular complexity index is 880. The van der Waals surface area contributed by atoms with Crippen molar-refractivity contribution in [2.75, 3.05) is 31.1 Å². The Kier molecular flexibility index (Phi) is 4.14. The van der Waals surface area contributed by atoms with Crippen LogP contribution in [0.25, 0.3) is 11.4 Å². The number of piperazine rings is 1. The molecule has 0 saturated carbocycles. The fourth-order valence-electron chi connectivity index (χ4n) is 3.78. The van der Waals surface area contributed by atoms with E-state index >= 15 is 0 Å². The largest absolute Gasteiger partial charge is 0.338 e. The van der Waals surface area contributed by atoms with E-state index in [9.17, 15) is 0 Å². The van der Waals surface area contributed by atoms with Crippen molar-refractivity contribution in [1.82, 2.24) is 29.6 Å². The third kappa shape index (κ3) is 2.89. The van der Waals surface area contributed by atoms with Gasteiger partial charge in [-0.1, -0.05) is 0 Å². The Balaban J connectivity index is 1.29. The van der Waals surface area contributed by atoms with Crippen LogP contribution in [0.4, 0.5) is 5.95 Å². The maximum atomic E-state index is 4.53. The molecule has 5 heterocycles. The van der Waals surface area contributed by atoms with Gasteiger partial charge in [-0.2, -0.15) is 0 Å². The molecule has 0 bridgehead atoms. The minimum absolute atomic E-state index is 0.827. The molecule has 3 aromatic heterocycles. The highest BCUT2D eigenvalue weighted by Crippen LogP contribution is 2.31. The molecule has 5 rings (SSSR count). The van der Waals surface area contributed by atoms with Gasteiger partial charge in [-0.25, -0.2) is 9.97 Å². The van der Waals surface area contributed by atoms with Crippen LogP contribution in [0.15, 0.2) is 29.9 Å². The van der Waals surface area contributed by atoms with Gasteiger partial charge in [0.25, 0.3) is 0 Å². The molecule has 0 aromatic carbocycles. The van der Waals surface area contributed by atoms with E-state index in [-0.39, 0.29) is 0 Å². The van der Waals surface area contributed by atoms with Crippen LogP contribution in [0.1, 0.15) is 17.1 Å². The second-order valence-electron chi connectivity index (χ2n) is 6.76. The summed E-state index contributed by atoms with van der Waals surface area (Å²) in [4.78, 5) is 14.9. The van der Waals surface area contributed by atoms with Crippen LogP contribution in [-0.4, -0.2) is 55.8 Å². The van der Waals surface area contributed by atoms with Gasteiger partial charge in [0.2, 0.25) is 5.95 Å². The first-order valence-corrected chi connectivity index (χ1v) is 9.99. The Morgan fingerprint density at radius 3 is 2.69 bits per heavy atom. The molecule has 134 valence electrons. The van der Waals surface area contributed by atoms with Crippen molar-refractivity contribution in [2.24, 2.45) is 0 Å². The smallest absolute Gasteiger partial charge is 0.225 e. The monoisotopic (exact) mass is 367 g/mol. The van der Waals surface area contributed by atoms with Crippen LogP contribution in [-0.2, 0) is 19.5 Å². The van der Waals surface area contributed by atoms with E-state index in [1.807, 2.05) is 17.4 Å². The lowest BCUT2D eigenvalue weighted by Crippen LogP contribution is -2.46. The summed E-state index contributed by atoms with van der Waals surface area (Å²) in [5.74, 6) is 2.96. The SMILES string of the molecule is c1cnc(N2CCN(Cc3nnc4n3CCCc3sccc3-4)CC2)nc1. The van der Waals surface area contributed by atoms with Crippen LogP contribution in [0.2, 0.25) is 0 Å². The molecule has 0 N–H and O–H groups in total. The molecule has 0 spiro atoms. The molecule has 7 nitrogen and oxygen atoms in total. The summed E-state index contributed by atoms with van der Waals surface area (Å²) in [6, 6.07) is 4.05. The molecule has 2 aliphatic rings. The molecule has 1 fully saturated rings. The molecule has 0 radical (unpaired) electrons. The highest BCUT2D eigenvalue weighted by Gasteiger charge is 2.24. The lowest BCUT2D eigenvalue weighted by molar-refractivity contribution is 0.239. The zero-order valence-electron chi connectivity index (χ0n) is 14.6. The Morgan fingerprint density at radius 1 is 1.00 bits per heavy atom. The van der Waals surface area contributed by atoms with Gasteiger partial charge in [0.05, 0.1) is 6.54 Å². The van der Waals surface area contributed by atoms with Crippen molar-refractivity contribution in [3.63, 3.8) is 0 Å². The van der Waals surface area contributed by atoms with E-state index in [1.54, 1.807) is 12.4 Å². The lowest BCUT2D eigenvalue weighted by atomic mass is 10.2. The van der Waals surface area contributed by atoms with Crippen LogP contribution in [0.3, 0.4) is 0 Å². The van der Waals surface area contributed by atoms with Gasteiger partial charge in [0.15, 0.2) is 5.82 Å². The summed E-state index contributed by atoms with van der Waals surface area (Å²) in [7, 11) is 0. The maximum Gasteiger partial charge on any atom is 0.225 e. The minimum Gasteiger partial charge on any atom is -0.338 e. The van der Waals surface area contributed by atoms with Gasteiger partial charge in [0.1, 0.15) is 5.82 Å². The highest BCUT2D eigenvalue weighted by atomic mass is 32.1. The van der Waals surface area contributed by atoms with Gasteiger partial charge in [-0.3, -0.25) is 4.90 Å². The van der Waals surface area contributed by atoms with Crippen molar-refractivity contribution >= 4 is 17.3 Å². The number of aryl methyl sites for hydroxylation is 1. The summed E-state index contributed by atoms with van der Waals surface area (Å²) in [6.45, 7) is 5.74. The second kappa shape index (κ2) is 6.77. The third-order valence-corrected chi connectivity index (χ3v) is 6.15. The van der Waals surface area contributed by atoms with Crippen LogP contribution >= 0.6 is 11.3 Å². The molecule has 2 aliphatic heterocycles. The molecular weight excluding hydrogens is 346 g/mol. The molecule has 0 amide bonds. The van der Waals surface area contributed by atoms with Crippen LogP contribution in [0, 0.1) is 0 Å². The number of rotatable bonds is 3. The van der Waals surface area contributed by atoms with E-state index in [2.05, 4.69) is 46.0 Å². The first-order chi connectivity index (χ1) is 12.9. The van der Waals surface area contributed by atoms with E-state index in [1.165, 1.54) is 10.4 Å². The number of hydrogen-bond acceptors (Lipinski definition) is 7. The maximum absolute atomic E-state index is 4.53. The van der Waals surface area contributed by atoms with Crippen molar-refractivity contribution in [2.45, 2.75) is 25.9 Å². The summed E-state index contributed by atoms with van der Waals surface area (Å²) in [5.41, 5.74) is 1.28. The number of fused-ring (bicyclic) bond motifs is 3. The standard InChI is InChI=1S/C18H21N7S/c1-3-15-14(4-12-26-15)17-22-21-16(25(17)7-1)13-23-8-10-24(11-9-23)18-19-5-2-6-20-18/h2,4-6,12H,1,3,7-11,13H2. The zero-order valence-corrected chi connectivity index (χ0v) is 15.4. The Hall–Kier alpha value is -2.32. The summed E-state index contributed by atoms with van der Waals surface area (Å²) in [5, 5.41) is 11.2. The third-order valence-electron chi connectivity index (χ3n) is 5.17. The predicted octanol–water partition coefficient (Wildman–Crippen LogP) is 2.06. The van der Waals surface area contributed by atoms with Gasteiger partial charge in [-0.15, -0.1) is 21.5 Å². The topological polar surface area (TPSA) is 63.0 Å².